The maximum atomic E-state index is 5.96. The van der Waals surface area contributed by atoms with Crippen molar-refractivity contribution in [3.63, 3.8) is 0 Å². The van der Waals surface area contributed by atoms with Gasteiger partial charge < -0.3 is 11.1 Å². The number of hydrogen-bond acceptors (Lipinski definition) is 2. The Morgan fingerprint density at radius 2 is 1.60 bits per heavy atom. The van der Waals surface area contributed by atoms with Crippen LogP contribution in [-0.4, -0.2) is 37.0 Å². The molecule has 4 nitrogen and oxygen atoms in total. The van der Waals surface area contributed by atoms with E-state index >= 15 is 0 Å². The van der Waals surface area contributed by atoms with Crippen LogP contribution in [0.4, 0.5) is 0 Å². The molecule has 0 aliphatic carbocycles. The van der Waals surface area contributed by atoms with Gasteiger partial charge in [0, 0.05) is 19.1 Å². The average Bonchev–Trinajstić information content (AvgIpc) is 2.61. The number of benzene rings is 2. The summed E-state index contributed by atoms with van der Waals surface area (Å²) in [4.78, 5) is 6.75. The number of nitrogens with one attached hydrogen (secondary N) is 1. The van der Waals surface area contributed by atoms with Gasteiger partial charge in [0.15, 0.2) is 5.96 Å². The zero-order valence-electron chi connectivity index (χ0n) is 15.1. The van der Waals surface area contributed by atoms with Gasteiger partial charge in [-0.1, -0.05) is 60.7 Å². The van der Waals surface area contributed by atoms with E-state index in [0.717, 1.165) is 19.5 Å². The molecular weight excluding hydrogens is 423 g/mol. The standard InChI is InChI=1S/C20H28N4.HI/c1-17(24(2)16-19-11-7-4-8-12-19)15-23-20(21)22-14-13-18-9-5-3-6-10-18;/h3-12,17H,13-16H2,1-2H3,(H3,21,22,23);1H. The highest BCUT2D eigenvalue weighted by Gasteiger charge is 2.09. The molecule has 2 aromatic rings. The molecule has 2 rings (SSSR count). The molecule has 25 heavy (non-hydrogen) atoms. The number of hydrogen-bond donors (Lipinski definition) is 2. The van der Waals surface area contributed by atoms with Crippen molar-refractivity contribution >= 4 is 29.9 Å². The number of halogens is 1. The van der Waals surface area contributed by atoms with Crippen molar-refractivity contribution in [1.82, 2.24) is 10.2 Å². The number of likely N-dealkylation sites (N-methyl/N-ethyl adjacent to an activating group) is 1. The van der Waals surface area contributed by atoms with Crippen molar-refractivity contribution in [1.29, 1.82) is 0 Å². The normalized spacial score (nSPS) is 12.5. The van der Waals surface area contributed by atoms with Gasteiger partial charge in [0.05, 0.1) is 6.54 Å². The highest BCUT2D eigenvalue weighted by atomic mass is 127. The van der Waals surface area contributed by atoms with Gasteiger partial charge in [-0.05, 0) is 31.5 Å². The Morgan fingerprint density at radius 3 is 2.20 bits per heavy atom. The first-order valence-electron chi connectivity index (χ1n) is 8.47. The van der Waals surface area contributed by atoms with E-state index in [-0.39, 0.29) is 24.0 Å². The van der Waals surface area contributed by atoms with Gasteiger partial charge in [0.1, 0.15) is 0 Å². The Hall–Kier alpha value is -1.60. The molecule has 0 aliphatic rings. The molecule has 1 atom stereocenters. The third-order valence-electron chi connectivity index (χ3n) is 4.12. The van der Waals surface area contributed by atoms with E-state index in [4.69, 9.17) is 5.73 Å². The van der Waals surface area contributed by atoms with Crippen molar-refractivity contribution in [2.75, 3.05) is 20.1 Å². The fraction of sp³-hybridized carbons (Fsp3) is 0.350. The topological polar surface area (TPSA) is 53.6 Å². The van der Waals surface area contributed by atoms with Gasteiger partial charge >= 0.3 is 0 Å². The average molecular weight is 452 g/mol. The van der Waals surface area contributed by atoms with Crippen LogP contribution in [0.1, 0.15) is 18.1 Å². The van der Waals surface area contributed by atoms with E-state index in [1.807, 2.05) is 12.1 Å². The van der Waals surface area contributed by atoms with Crippen LogP contribution in [0.25, 0.3) is 0 Å². The Bertz CT molecular complexity index is 616. The third kappa shape index (κ3) is 8.36. The van der Waals surface area contributed by atoms with Crippen LogP contribution in [0.2, 0.25) is 0 Å². The zero-order chi connectivity index (χ0) is 17.2. The highest BCUT2D eigenvalue weighted by Crippen LogP contribution is 2.06. The van der Waals surface area contributed by atoms with E-state index in [2.05, 4.69) is 77.7 Å². The van der Waals surface area contributed by atoms with Gasteiger partial charge in [0.2, 0.25) is 0 Å². The fourth-order valence-electron chi connectivity index (χ4n) is 2.43. The lowest BCUT2D eigenvalue weighted by atomic mass is 10.1. The fourth-order valence-corrected chi connectivity index (χ4v) is 2.43. The number of nitrogens with zero attached hydrogens (tertiary/aromatic N) is 2. The molecule has 2 aromatic carbocycles. The summed E-state index contributed by atoms with van der Waals surface area (Å²) in [5.41, 5.74) is 8.57. The summed E-state index contributed by atoms with van der Waals surface area (Å²) in [7, 11) is 2.12. The lowest BCUT2D eigenvalue weighted by Crippen LogP contribution is -2.36. The molecule has 1 unspecified atom stereocenters. The number of guanidine groups is 1. The molecule has 3 N–H and O–H groups in total. The van der Waals surface area contributed by atoms with E-state index in [0.29, 0.717) is 18.5 Å². The SMILES string of the molecule is CC(CN=C(N)NCCc1ccccc1)N(C)Cc1ccccc1.I. The smallest absolute Gasteiger partial charge is 0.188 e. The quantitative estimate of drug-likeness (QED) is 0.367. The number of aliphatic imine (C=N–C) groups is 1. The van der Waals surface area contributed by atoms with Gasteiger partial charge in [0.25, 0.3) is 0 Å². The lowest BCUT2D eigenvalue weighted by molar-refractivity contribution is 0.255. The van der Waals surface area contributed by atoms with Crippen LogP contribution in [0.3, 0.4) is 0 Å². The molecule has 0 heterocycles. The maximum absolute atomic E-state index is 5.96. The van der Waals surface area contributed by atoms with Gasteiger partial charge in [-0.2, -0.15) is 0 Å². The Kier molecular flexibility index (Phi) is 10.2. The molecule has 0 radical (unpaired) electrons. The van der Waals surface area contributed by atoms with Crippen molar-refractivity contribution in [2.24, 2.45) is 10.7 Å². The molecule has 0 fully saturated rings. The minimum Gasteiger partial charge on any atom is -0.370 e. The monoisotopic (exact) mass is 452 g/mol. The molecule has 0 aliphatic heterocycles. The van der Waals surface area contributed by atoms with Crippen LogP contribution in [0, 0.1) is 0 Å². The summed E-state index contributed by atoms with van der Waals surface area (Å²) in [6, 6.07) is 21.2. The second-order valence-electron chi connectivity index (χ2n) is 6.14. The minimum atomic E-state index is 0. The van der Waals surface area contributed by atoms with Crippen LogP contribution < -0.4 is 11.1 Å². The predicted molar refractivity (Wildman–Crippen MR) is 117 cm³/mol. The predicted octanol–water partition coefficient (Wildman–Crippen LogP) is 3.27. The lowest BCUT2D eigenvalue weighted by Gasteiger charge is -2.23. The second kappa shape index (κ2) is 11.9. The molecule has 0 bridgehead atoms. The van der Waals surface area contributed by atoms with Crippen LogP contribution in [-0.2, 0) is 13.0 Å². The summed E-state index contributed by atoms with van der Waals surface area (Å²) in [5, 5.41) is 3.18. The molecule has 5 heteroatoms. The summed E-state index contributed by atoms with van der Waals surface area (Å²) >= 11 is 0. The van der Waals surface area contributed by atoms with Gasteiger partial charge in [-0.3, -0.25) is 9.89 Å². The first-order valence-corrected chi connectivity index (χ1v) is 8.47. The molecule has 0 aromatic heterocycles. The minimum absolute atomic E-state index is 0. The molecule has 0 saturated carbocycles. The first kappa shape index (κ1) is 21.4. The molecule has 0 spiro atoms. The Labute approximate surface area is 168 Å². The van der Waals surface area contributed by atoms with Crippen LogP contribution in [0.5, 0.6) is 0 Å². The van der Waals surface area contributed by atoms with E-state index in [1.165, 1.54) is 11.1 Å². The van der Waals surface area contributed by atoms with Crippen molar-refractivity contribution < 1.29 is 0 Å². The summed E-state index contributed by atoms with van der Waals surface area (Å²) in [6.07, 6.45) is 0.945. The molecular formula is C20H29IN4. The molecule has 0 amide bonds. The largest absolute Gasteiger partial charge is 0.370 e. The van der Waals surface area contributed by atoms with Gasteiger partial charge in [-0.25, -0.2) is 0 Å². The van der Waals surface area contributed by atoms with Crippen LogP contribution in [0.15, 0.2) is 65.7 Å². The first-order chi connectivity index (χ1) is 11.6. The number of nitrogens with two attached hydrogens (primary N) is 1. The Balaban J connectivity index is 0.00000312. The third-order valence-corrected chi connectivity index (χ3v) is 4.12. The molecule has 136 valence electrons. The maximum Gasteiger partial charge on any atom is 0.188 e. The highest BCUT2D eigenvalue weighted by molar-refractivity contribution is 14.0. The number of rotatable bonds is 8. The zero-order valence-corrected chi connectivity index (χ0v) is 17.4. The van der Waals surface area contributed by atoms with E-state index in [1.54, 1.807) is 0 Å². The van der Waals surface area contributed by atoms with Crippen molar-refractivity contribution in [2.45, 2.75) is 25.9 Å². The summed E-state index contributed by atoms with van der Waals surface area (Å²) < 4.78 is 0. The van der Waals surface area contributed by atoms with Crippen molar-refractivity contribution in [3.8, 4) is 0 Å². The summed E-state index contributed by atoms with van der Waals surface area (Å²) in [5.74, 6) is 0.519. The van der Waals surface area contributed by atoms with E-state index < -0.39 is 0 Å². The summed E-state index contributed by atoms with van der Waals surface area (Å²) in [6.45, 7) is 4.57. The molecule has 0 saturated heterocycles. The second-order valence-corrected chi connectivity index (χ2v) is 6.14. The van der Waals surface area contributed by atoms with Gasteiger partial charge in [-0.15, -0.1) is 24.0 Å². The Morgan fingerprint density at radius 1 is 1.04 bits per heavy atom. The van der Waals surface area contributed by atoms with Crippen LogP contribution >= 0.6 is 24.0 Å². The van der Waals surface area contributed by atoms with E-state index in [9.17, 15) is 0 Å². The van der Waals surface area contributed by atoms with Crippen molar-refractivity contribution in [3.05, 3.63) is 71.8 Å².